The van der Waals surface area contributed by atoms with E-state index in [1.165, 1.54) is 0 Å². The van der Waals surface area contributed by atoms with Crippen molar-refractivity contribution in [3.63, 3.8) is 0 Å². The van der Waals surface area contributed by atoms with Gasteiger partial charge < -0.3 is 24.9 Å². The Morgan fingerprint density at radius 3 is 2.41 bits per heavy atom. The van der Waals surface area contributed by atoms with Gasteiger partial charge in [-0.25, -0.2) is 4.99 Å². The molecule has 0 saturated carbocycles. The average Bonchev–Trinajstić information content (AvgIpc) is 2.98. The van der Waals surface area contributed by atoms with Crippen LogP contribution in [0.5, 0.6) is 0 Å². The lowest BCUT2D eigenvalue weighted by Gasteiger charge is -2.24. The maximum atomic E-state index is 10.8. The van der Waals surface area contributed by atoms with Gasteiger partial charge in [-0.2, -0.15) is 0 Å². The monoisotopic (exact) mass is 373 g/mol. The first-order chi connectivity index (χ1) is 12.9. The van der Waals surface area contributed by atoms with Crippen LogP contribution in [-0.4, -0.2) is 31.3 Å². The van der Waals surface area contributed by atoms with Crippen LogP contribution in [0.15, 0.2) is 39.7 Å². The Labute approximate surface area is 161 Å². The molecule has 0 amide bonds. The summed E-state index contributed by atoms with van der Waals surface area (Å²) >= 11 is 0. The molecule has 0 bridgehead atoms. The van der Waals surface area contributed by atoms with E-state index in [-0.39, 0.29) is 0 Å². The predicted molar refractivity (Wildman–Crippen MR) is 108 cm³/mol. The van der Waals surface area contributed by atoms with Gasteiger partial charge in [0.05, 0.1) is 19.7 Å². The second kappa shape index (κ2) is 9.58. The SMILES string of the molecule is CCNC(=NCc1ccc(COC)cc1)NCC(C)(O)c1cc(C)oc1C. The molecule has 6 nitrogen and oxygen atoms in total. The average molecular weight is 373 g/mol. The van der Waals surface area contributed by atoms with Crippen molar-refractivity contribution in [2.24, 2.45) is 4.99 Å². The van der Waals surface area contributed by atoms with E-state index in [0.29, 0.717) is 25.7 Å². The van der Waals surface area contributed by atoms with Crippen LogP contribution in [0.3, 0.4) is 0 Å². The Hall–Kier alpha value is -2.31. The summed E-state index contributed by atoms with van der Waals surface area (Å²) in [7, 11) is 1.69. The van der Waals surface area contributed by atoms with Crippen molar-refractivity contribution in [3.05, 3.63) is 58.5 Å². The van der Waals surface area contributed by atoms with Gasteiger partial charge in [0.25, 0.3) is 0 Å². The molecule has 1 aromatic carbocycles. The summed E-state index contributed by atoms with van der Waals surface area (Å²) in [4.78, 5) is 4.61. The third-order valence-electron chi connectivity index (χ3n) is 4.32. The molecular weight excluding hydrogens is 342 g/mol. The highest BCUT2D eigenvalue weighted by Crippen LogP contribution is 2.26. The van der Waals surface area contributed by atoms with Gasteiger partial charge in [-0.15, -0.1) is 0 Å². The predicted octanol–water partition coefficient (Wildman–Crippen LogP) is 3.01. The lowest BCUT2D eigenvalue weighted by molar-refractivity contribution is 0.0601. The van der Waals surface area contributed by atoms with Gasteiger partial charge in [0, 0.05) is 19.2 Å². The quantitative estimate of drug-likeness (QED) is 0.490. The summed E-state index contributed by atoms with van der Waals surface area (Å²) in [6.45, 7) is 9.75. The first kappa shape index (κ1) is 21.0. The number of aliphatic imine (C=N–C) groups is 1. The number of guanidine groups is 1. The van der Waals surface area contributed by atoms with Crippen molar-refractivity contribution in [3.8, 4) is 0 Å². The standard InChI is InChI=1S/C21H31N3O3/c1-6-22-20(23-12-17-7-9-18(10-8-17)13-26-5)24-14-21(4,25)19-11-15(2)27-16(19)3/h7-11,25H,6,12-14H2,1-5H3,(H2,22,23,24). The minimum Gasteiger partial charge on any atom is -0.466 e. The number of aliphatic hydroxyl groups is 1. The van der Waals surface area contributed by atoms with Gasteiger partial charge >= 0.3 is 0 Å². The molecule has 2 aromatic rings. The molecule has 3 N–H and O–H groups in total. The summed E-state index contributed by atoms with van der Waals surface area (Å²) in [6, 6.07) is 10.1. The molecular formula is C21H31N3O3. The van der Waals surface area contributed by atoms with Crippen LogP contribution in [0.4, 0.5) is 0 Å². The molecule has 2 rings (SSSR count). The van der Waals surface area contributed by atoms with Crippen LogP contribution in [0.1, 0.15) is 42.1 Å². The van der Waals surface area contributed by atoms with E-state index in [1.54, 1.807) is 14.0 Å². The van der Waals surface area contributed by atoms with Gasteiger partial charge in [0.1, 0.15) is 17.1 Å². The highest BCUT2D eigenvalue weighted by atomic mass is 16.5. The Bertz CT molecular complexity index is 749. The molecule has 0 aliphatic carbocycles. The van der Waals surface area contributed by atoms with E-state index in [2.05, 4.69) is 27.8 Å². The number of ether oxygens (including phenoxy) is 1. The molecule has 1 heterocycles. The van der Waals surface area contributed by atoms with Gasteiger partial charge in [0.15, 0.2) is 5.96 Å². The second-order valence-electron chi connectivity index (χ2n) is 6.90. The van der Waals surface area contributed by atoms with Crippen molar-refractivity contribution >= 4 is 5.96 Å². The normalized spacial score (nSPS) is 14.1. The Morgan fingerprint density at radius 2 is 1.85 bits per heavy atom. The molecule has 6 heteroatoms. The molecule has 148 valence electrons. The number of aryl methyl sites for hydroxylation is 2. The fraction of sp³-hybridized carbons (Fsp3) is 0.476. The summed E-state index contributed by atoms with van der Waals surface area (Å²) in [5, 5.41) is 17.3. The van der Waals surface area contributed by atoms with Crippen molar-refractivity contribution < 1.29 is 14.3 Å². The Balaban J connectivity index is 2.01. The van der Waals surface area contributed by atoms with E-state index in [9.17, 15) is 5.11 Å². The van der Waals surface area contributed by atoms with Crippen LogP contribution < -0.4 is 10.6 Å². The molecule has 0 spiro atoms. The van der Waals surface area contributed by atoms with Crippen molar-refractivity contribution in [2.75, 3.05) is 20.2 Å². The second-order valence-corrected chi connectivity index (χ2v) is 6.90. The zero-order valence-electron chi connectivity index (χ0n) is 16.9. The summed E-state index contributed by atoms with van der Waals surface area (Å²) in [6.07, 6.45) is 0. The number of methoxy groups -OCH3 is 1. The number of hydrogen-bond donors (Lipinski definition) is 3. The first-order valence-electron chi connectivity index (χ1n) is 9.24. The number of furan rings is 1. The minimum atomic E-state index is -1.06. The number of rotatable bonds is 8. The van der Waals surface area contributed by atoms with Crippen LogP contribution in [0.2, 0.25) is 0 Å². The molecule has 0 aliphatic heterocycles. The van der Waals surface area contributed by atoms with Gasteiger partial charge in [-0.05, 0) is 44.9 Å². The third kappa shape index (κ3) is 6.12. The van der Waals surface area contributed by atoms with Crippen LogP contribution in [0, 0.1) is 13.8 Å². The number of benzene rings is 1. The van der Waals surface area contributed by atoms with E-state index in [4.69, 9.17) is 9.15 Å². The summed E-state index contributed by atoms with van der Waals surface area (Å²) in [5.41, 5.74) is 1.98. The maximum Gasteiger partial charge on any atom is 0.191 e. The van der Waals surface area contributed by atoms with Crippen molar-refractivity contribution in [1.82, 2.24) is 10.6 Å². The van der Waals surface area contributed by atoms with E-state index in [1.807, 2.05) is 39.0 Å². The number of hydrogen-bond acceptors (Lipinski definition) is 4. The number of nitrogens with one attached hydrogen (secondary N) is 2. The lowest BCUT2D eigenvalue weighted by atomic mass is 9.96. The minimum absolute atomic E-state index is 0.325. The summed E-state index contributed by atoms with van der Waals surface area (Å²) < 4.78 is 10.7. The maximum absolute atomic E-state index is 10.8. The van der Waals surface area contributed by atoms with Crippen LogP contribution in [0.25, 0.3) is 0 Å². The highest BCUT2D eigenvalue weighted by Gasteiger charge is 2.27. The van der Waals surface area contributed by atoms with E-state index in [0.717, 1.165) is 34.8 Å². The number of nitrogens with zero attached hydrogens (tertiary/aromatic N) is 1. The molecule has 1 atom stereocenters. The Kier molecular flexibility index (Phi) is 7.45. The topological polar surface area (TPSA) is 79.0 Å². The zero-order valence-corrected chi connectivity index (χ0v) is 16.9. The molecule has 27 heavy (non-hydrogen) atoms. The third-order valence-corrected chi connectivity index (χ3v) is 4.32. The molecule has 1 unspecified atom stereocenters. The molecule has 0 aliphatic rings. The molecule has 1 aromatic heterocycles. The van der Waals surface area contributed by atoms with Gasteiger partial charge in [-0.3, -0.25) is 0 Å². The van der Waals surface area contributed by atoms with Gasteiger partial charge in [0.2, 0.25) is 0 Å². The van der Waals surface area contributed by atoms with Gasteiger partial charge in [-0.1, -0.05) is 24.3 Å². The molecule has 0 saturated heterocycles. The zero-order chi connectivity index (χ0) is 19.9. The summed E-state index contributed by atoms with van der Waals surface area (Å²) in [5.74, 6) is 2.19. The van der Waals surface area contributed by atoms with Crippen LogP contribution in [-0.2, 0) is 23.5 Å². The molecule has 0 fully saturated rings. The fourth-order valence-electron chi connectivity index (χ4n) is 2.94. The van der Waals surface area contributed by atoms with Crippen molar-refractivity contribution in [2.45, 2.75) is 46.4 Å². The van der Waals surface area contributed by atoms with E-state index < -0.39 is 5.60 Å². The van der Waals surface area contributed by atoms with E-state index >= 15 is 0 Å². The largest absolute Gasteiger partial charge is 0.466 e. The smallest absolute Gasteiger partial charge is 0.191 e. The highest BCUT2D eigenvalue weighted by molar-refractivity contribution is 5.79. The lowest BCUT2D eigenvalue weighted by Crippen LogP contribution is -2.44. The van der Waals surface area contributed by atoms with Crippen LogP contribution >= 0.6 is 0 Å². The first-order valence-corrected chi connectivity index (χ1v) is 9.24. The fourth-order valence-corrected chi connectivity index (χ4v) is 2.94. The Morgan fingerprint density at radius 1 is 1.19 bits per heavy atom. The molecule has 0 radical (unpaired) electrons. The van der Waals surface area contributed by atoms with Crippen molar-refractivity contribution in [1.29, 1.82) is 0 Å².